The summed E-state index contributed by atoms with van der Waals surface area (Å²) in [6.45, 7) is 0. The van der Waals surface area contributed by atoms with E-state index in [4.69, 9.17) is 5.11 Å². The molecule has 156 valence electrons. The van der Waals surface area contributed by atoms with E-state index in [2.05, 4.69) is 0 Å². The molecule has 1 aromatic rings. The molecule has 0 bridgehead atoms. The SMILES string of the molecule is O=C(O)CCCCCC[C@@H]1C(CCC(O)/C=C/c2ccccc2F)CC[C@@H]1O. The van der Waals surface area contributed by atoms with Crippen LogP contribution in [0.4, 0.5) is 4.39 Å². The van der Waals surface area contributed by atoms with Crippen molar-refractivity contribution in [3.05, 3.63) is 41.7 Å². The Hall–Kier alpha value is -1.72. The summed E-state index contributed by atoms with van der Waals surface area (Å²) in [5.41, 5.74) is 0.471. The van der Waals surface area contributed by atoms with Gasteiger partial charge in [0.05, 0.1) is 12.2 Å². The van der Waals surface area contributed by atoms with Gasteiger partial charge in [-0.25, -0.2) is 4.39 Å². The molecule has 4 atom stereocenters. The van der Waals surface area contributed by atoms with Crippen LogP contribution in [0.3, 0.4) is 0 Å². The highest BCUT2D eigenvalue weighted by Crippen LogP contribution is 2.38. The zero-order valence-corrected chi connectivity index (χ0v) is 16.5. The van der Waals surface area contributed by atoms with Gasteiger partial charge >= 0.3 is 5.97 Å². The molecular weight excluding hydrogens is 359 g/mol. The third-order valence-electron chi connectivity index (χ3n) is 5.85. The number of unbranched alkanes of at least 4 members (excludes halogenated alkanes) is 3. The van der Waals surface area contributed by atoms with Crippen LogP contribution in [-0.4, -0.2) is 33.5 Å². The van der Waals surface area contributed by atoms with Crippen molar-refractivity contribution in [1.29, 1.82) is 0 Å². The Morgan fingerprint density at radius 1 is 1.14 bits per heavy atom. The van der Waals surface area contributed by atoms with Gasteiger partial charge in [-0.05, 0) is 56.4 Å². The van der Waals surface area contributed by atoms with Crippen LogP contribution < -0.4 is 0 Å². The number of halogens is 1. The summed E-state index contributed by atoms with van der Waals surface area (Å²) in [5.74, 6) is -0.366. The van der Waals surface area contributed by atoms with Crippen LogP contribution in [0.5, 0.6) is 0 Å². The second kappa shape index (κ2) is 12.0. The van der Waals surface area contributed by atoms with Crippen molar-refractivity contribution in [2.75, 3.05) is 0 Å². The van der Waals surface area contributed by atoms with E-state index >= 15 is 0 Å². The zero-order chi connectivity index (χ0) is 20.4. The lowest BCUT2D eigenvalue weighted by Crippen LogP contribution is -2.20. The molecule has 1 saturated carbocycles. The van der Waals surface area contributed by atoms with Crippen molar-refractivity contribution in [3.8, 4) is 0 Å². The molecule has 0 spiro atoms. The number of rotatable bonds is 12. The molecule has 2 unspecified atom stereocenters. The van der Waals surface area contributed by atoms with Gasteiger partial charge in [-0.1, -0.05) is 49.6 Å². The maximum atomic E-state index is 13.6. The lowest BCUT2D eigenvalue weighted by atomic mass is 9.85. The van der Waals surface area contributed by atoms with Gasteiger partial charge in [0.15, 0.2) is 0 Å². The number of aliphatic hydroxyl groups excluding tert-OH is 2. The van der Waals surface area contributed by atoms with E-state index in [1.54, 1.807) is 30.4 Å². The maximum Gasteiger partial charge on any atom is 0.303 e. The Labute approximate surface area is 167 Å². The topological polar surface area (TPSA) is 77.8 Å². The van der Waals surface area contributed by atoms with Gasteiger partial charge in [0, 0.05) is 12.0 Å². The second-order valence-electron chi connectivity index (χ2n) is 7.94. The van der Waals surface area contributed by atoms with Crippen molar-refractivity contribution >= 4 is 12.0 Å². The second-order valence-corrected chi connectivity index (χ2v) is 7.94. The smallest absolute Gasteiger partial charge is 0.303 e. The molecule has 1 aliphatic rings. The number of carboxylic acids is 1. The third-order valence-corrected chi connectivity index (χ3v) is 5.85. The molecule has 28 heavy (non-hydrogen) atoms. The largest absolute Gasteiger partial charge is 0.481 e. The monoisotopic (exact) mass is 392 g/mol. The summed E-state index contributed by atoms with van der Waals surface area (Å²) < 4.78 is 13.6. The fraction of sp³-hybridized carbons (Fsp3) is 0.609. The van der Waals surface area contributed by atoms with Crippen LogP contribution in [0.25, 0.3) is 6.08 Å². The number of benzene rings is 1. The van der Waals surface area contributed by atoms with E-state index in [9.17, 15) is 19.4 Å². The molecular formula is C23H33FO4. The minimum absolute atomic E-state index is 0.229. The van der Waals surface area contributed by atoms with E-state index in [1.807, 2.05) is 0 Å². The quantitative estimate of drug-likeness (QED) is 0.447. The molecule has 0 radical (unpaired) electrons. The van der Waals surface area contributed by atoms with Gasteiger partial charge in [0.1, 0.15) is 5.82 Å². The molecule has 0 amide bonds. The van der Waals surface area contributed by atoms with E-state index in [0.29, 0.717) is 24.3 Å². The van der Waals surface area contributed by atoms with Crippen molar-refractivity contribution in [2.24, 2.45) is 11.8 Å². The summed E-state index contributed by atoms with van der Waals surface area (Å²) in [6, 6.07) is 6.48. The standard InChI is InChI=1S/C23H33FO4/c24-21-9-6-5-7-18(21)12-15-19(25)14-11-17-13-16-22(26)20(17)8-3-1-2-4-10-23(27)28/h5-7,9,12,15,17,19-20,22,25-26H,1-4,8,10-11,13-14,16H2,(H,27,28)/b15-12+/t17?,19?,20-,22+/m1/s1. The molecule has 0 aromatic heterocycles. The Bertz CT molecular complexity index is 631. The van der Waals surface area contributed by atoms with E-state index < -0.39 is 12.1 Å². The highest BCUT2D eigenvalue weighted by Gasteiger charge is 2.34. The molecule has 0 heterocycles. The minimum atomic E-state index is -0.742. The van der Waals surface area contributed by atoms with Crippen molar-refractivity contribution < 1.29 is 24.5 Å². The fourth-order valence-electron chi connectivity index (χ4n) is 4.23. The van der Waals surface area contributed by atoms with Gasteiger partial charge in [-0.3, -0.25) is 4.79 Å². The molecule has 1 aliphatic carbocycles. The van der Waals surface area contributed by atoms with Crippen molar-refractivity contribution in [2.45, 2.75) is 76.4 Å². The Morgan fingerprint density at radius 3 is 2.64 bits per heavy atom. The summed E-state index contributed by atoms with van der Waals surface area (Å²) in [7, 11) is 0. The van der Waals surface area contributed by atoms with E-state index in [1.165, 1.54) is 6.07 Å². The van der Waals surface area contributed by atoms with Crippen LogP contribution in [-0.2, 0) is 4.79 Å². The lowest BCUT2D eigenvalue weighted by Gasteiger charge is -2.22. The Kier molecular flexibility index (Phi) is 9.65. The molecule has 5 heteroatoms. The van der Waals surface area contributed by atoms with Crippen molar-refractivity contribution in [3.63, 3.8) is 0 Å². The van der Waals surface area contributed by atoms with Gasteiger partial charge < -0.3 is 15.3 Å². The molecule has 3 N–H and O–H groups in total. The van der Waals surface area contributed by atoms with Gasteiger partial charge in [0.2, 0.25) is 0 Å². The molecule has 2 rings (SSSR count). The summed E-state index contributed by atoms with van der Waals surface area (Å²) in [4.78, 5) is 10.5. The first-order chi connectivity index (χ1) is 13.5. The molecule has 4 nitrogen and oxygen atoms in total. The minimum Gasteiger partial charge on any atom is -0.481 e. The first-order valence-corrected chi connectivity index (χ1v) is 10.5. The normalized spacial score (nSPS) is 23.3. The lowest BCUT2D eigenvalue weighted by molar-refractivity contribution is -0.137. The molecule has 1 aromatic carbocycles. The van der Waals surface area contributed by atoms with Gasteiger partial charge in [-0.2, -0.15) is 0 Å². The number of carbonyl (C=O) groups is 1. The summed E-state index contributed by atoms with van der Waals surface area (Å²) >= 11 is 0. The number of aliphatic carboxylic acids is 1. The first kappa shape index (κ1) is 22.6. The van der Waals surface area contributed by atoms with Gasteiger partial charge in [-0.15, -0.1) is 0 Å². The number of hydrogen-bond donors (Lipinski definition) is 3. The summed E-state index contributed by atoms with van der Waals surface area (Å²) in [6.07, 6.45) is 10.5. The summed E-state index contributed by atoms with van der Waals surface area (Å²) in [5, 5.41) is 29.2. The van der Waals surface area contributed by atoms with Crippen LogP contribution in [0, 0.1) is 17.7 Å². The average Bonchev–Trinajstić information content (AvgIpc) is 3.01. The number of aliphatic hydroxyl groups is 2. The average molecular weight is 393 g/mol. The first-order valence-electron chi connectivity index (χ1n) is 10.5. The highest BCUT2D eigenvalue weighted by atomic mass is 19.1. The Balaban J connectivity index is 1.71. The van der Waals surface area contributed by atoms with Crippen molar-refractivity contribution in [1.82, 2.24) is 0 Å². The molecule has 0 aliphatic heterocycles. The predicted molar refractivity (Wildman–Crippen MR) is 108 cm³/mol. The third kappa shape index (κ3) is 7.72. The van der Waals surface area contributed by atoms with Crippen LogP contribution in [0.15, 0.2) is 30.3 Å². The van der Waals surface area contributed by atoms with Gasteiger partial charge in [0.25, 0.3) is 0 Å². The Morgan fingerprint density at radius 2 is 1.89 bits per heavy atom. The van der Waals surface area contributed by atoms with E-state index in [0.717, 1.165) is 44.9 Å². The van der Waals surface area contributed by atoms with Crippen LogP contribution in [0.2, 0.25) is 0 Å². The number of carboxylic acid groups (broad SMARTS) is 1. The maximum absolute atomic E-state index is 13.6. The molecule has 0 saturated heterocycles. The van der Waals surface area contributed by atoms with Crippen LogP contribution in [0.1, 0.15) is 69.8 Å². The fourth-order valence-corrected chi connectivity index (χ4v) is 4.23. The van der Waals surface area contributed by atoms with E-state index in [-0.39, 0.29) is 24.3 Å². The highest BCUT2D eigenvalue weighted by molar-refractivity contribution is 5.66. The van der Waals surface area contributed by atoms with Crippen LogP contribution >= 0.6 is 0 Å². The molecule has 1 fully saturated rings. The number of hydrogen-bond acceptors (Lipinski definition) is 3. The zero-order valence-electron chi connectivity index (χ0n) is 16.5. The predicted octanol–water partition coefficient (Wildman–Crippen LogP) is 4.79.